The van der Waals surface area contributed by atoms with E-state index in [9.17, 15) is 19.3 Å². The molecule has 7 heteroatoms. The number of halogens is 1. The van der Waals surface area contributed by atoms with E-state index in [0.29, 0.717) is 0 Å². The standard InChI is InChI=1S/C10H10FN3O3/c11-8-2-1-7(14(16)17)4-9(8)13-5-6(12)3-10(13)15/h1-2,4,6H,3,5,12H2. The molecule has 2 rings (SSSR count). The molecule has 2 N–H and O–H groups in total. The molecule has 0 saturated carbocycles. The summed E-state index contributed by atoms with van der Waals surface area (Å²) in [7, 11) is 0. The van der Waals surface area contributed by atoms with Gasteiger partial charge in [0.1, 0.15) is 5.82 Å². The first kappa shape index (κ1) is 11.5. The highest BCUT2D eigenvalue weighted by Crippen LogP contribution is 2.28. The Labute approximate surface area is 96.0 Å². The van der Waals surface area contributed by atoms with Crippen molar-refractivity contribution in [3.63, 3.8) is 0 Å². The molecule has 17 heavy (non-hydrogen) atoms. The third-order valence-electron chi connectivity index (χ3n) is 2.59. The molecule has 0 aromatic heterocycles. The summed E-state index contributed by atoms with van der Waals surface area (Å²) in [6, 6.07) is 2.72. The minimum atomic E-state index is -0.668. The summed E-state index contributed by atoms with van der Waals surface area (Å²) < 4.78 is 13.5. The average Bonchev–Trinajstić information content (AvgIpc) is 2.58. The van der Waals surface area contributed by atoms with Gasteiger partial charge >= 0.3 is 0 Å². The molecule has 1 aromatic rings. The van der Waals surface area contributed by atoms with Crippen LogP contribution in [0.2, 0.25) is 0 Å². The Morgan fingerprint density at radius 1 is 1.53 bits per heavy atom. The van der Waals surface area contributed by atoms with E-state index >= 15 is 0 Å². The predicted molar refractivity (Wildman–Crippen MR) is 58.0 cm³/mol. The normalized spacial score (nSPS) is 19.8. The van der Waals surface area contributed by atoms with Gasteiger partial charge in [0.15, 0.2) is 0 Å². The molecule has 1 aromatic carbocycles. The summed E-state index contributed by atoms with van der Waals surface area (Å²) in [6.07, 6.45) is 0.127. The average molecular weight is 239 g/mol. The van der Waals surface area contributed by atoms with Gasteiger partial charge in [-0.1, -0.05) is 0 Å². The zero-order valence-electron chi connectivity index (χ0n) is 8.80. The first-order valence-electron chi connectivity index (χ1n) is 4.99. The molecular formula is C10H10FN3O3. The van der Waals surface area contributed by atoms with Gasteiger partial charge in [0.2, 0.25) is 5.91 Å². The van der Waals surface area contributed by atoms with E-state index in [1.54, 1.807) is 0 Å². The molecule has 6 nitrogen and oxygen atoms in total. The second-order valence-electron chi connectivity index (χ2n) is 3.86. The van der Waals surface area contributed by atoms with Gasteiger partial charge in [-0.15, -0.1) is 0 Å². The Morgan fingerprint density at radius 2 is 2.24 bits per heavy atom. The van der Waals surface area contributed by atoms with Gasteiger partial charge in [-0.3, -0.25) is 14.9 Å². The third-order valence-corrected chi connectivity index (χ3v) is 2.59. The van der Waals surface area contributed by atoms with Crippen molar-refractivity contribution in [2.75, 3.05) is 11.4 Å². The van der Waals surface area contributed by atoms with Crippen LogP contribution in [-0.4, -0.2) is 23.4 Å². The number of nitrogens with zero attached hydrogens (tertiary/aromatic N) is 2. The number of nitro groups is 1. The molecule has 0 bridgehead atoms. The molecule has 1 saturated heterocycles. The lowest BCUT2D eigenvalue weighted by atomic mass is 10.2. The van der Waals surface area contributed by atoms with Crippen molar-refractivity contribution in [3.05, 3.63) is 34.1 Å². The molecule has 1 heterocycles. The lowest BCUT2D eigenvalue weighted by Crippen LogP contribution is -2.28. The molecule has 0 aliphatic carbocycles. The molecular weight excluding hydrogens is 229 g/mol. The quantitative estimate of drug-likeness (QED) is 0.610. The fourth-order valence-corrected chi connectivity index (χ4v) is 1.79. The van der Waals surface area contributed by atoms with Crippen molar-refractivity contribution in [2.24, 2.45) is 5.73 Å². The highest BCUT2D eigenvalue weighted by atomic mass is 19.1. The number of benzene rings is 1. The van der Waals surface area contributed by atoms with Crippen molar-refractivity contribution in [1.82, 2.24) is 0 Å². The number of carbonyl (C=O) groups excluding carboxylic acids is 1. The lowest BCUT2D eigenvalue weighted by Gasteiger charge is -2.16. The van der Waals surface area contributed by atoms with Gasteiger partial charge in [0, 0.05) is 31.1 Å². The topological polar surface area (TPSA) is 89.5 Å². The van der Waals surface area contributed by atoms with Crippen molar-refractivity contribution >= 4 is 17.3 Å². The Hall–Kier alpha value is -2.02. The predicted octanol–water partition coefficient (Wildman–Crippen LogP) is 0.798. The third kappa shape index (κ3) is 2.09. The van der Waals surface area contributed by atoms with E-state index in [0.717, 1.165) is 23.1 Å². The number of non-ortho nitro benzene ring substituents is 1. The van der Waals surface area contributed by atoms with Crippen LogP contribution in [0.15, 0.2) is 18.2 Å². The zero-order chi connectivity index (χ0) is 12.6. The summed E-state index contributed by atoms with van der Waals surface area (Å²) >= 11 is 0. The number of carbonyl (C=O) groups is 1. The number of hydrogen-bond donors (Lipinski definition) is 1. The van der Waals surface area contributed by atoms with E-state index in [1.165, 1.54) is 0 Å². The van der Waals surface area contributed by atoms with Crippen LogP contribution in [0.5, 0.6) is 0 Å². The van der Waals surface area contributed by atoms with Gasteiger partial charge in [-0.25, -0.2) is 4.39 Å². The summed E-state index contributed by atoms with van der Waals surface area (Å²) in [5.74, 6) is -0.991. The van der Waals surface area contributed by atoms with Crippen LogP contribution >= 0.6 is 0 Å². The van der Waals surface area contributed by atoms with E-state index in [1.807, 2.05) is 0 Å². The summed E-state index contributed by atoms with van der Waals surface area (Å²) in [4.78, 5) is 22.6. The monoisotopic (exact) mass is 239 g/mol. The highest BCUT2D eigenvalue weighted by molar-refractivity contribution is 5.96. The van der Waals surface area contributed by atoms with Gasteiger partial charge < -0.3 is 10.6 Å². The highest BCUT2D eigenvalue weighted by Gasteiger charge is 2.30. The van der Waals surface area contributed by atoms with Crippen LogP contribution in [0.4, 0.5) is 15.8 Å². The van der Waals surface area contributed by atoms with Crippen LogP contribution in [0.3, 0.4) is 0 Å². The number of anilines is 1. The Kier molecular flexibility index (Phi) is 2.76. The largest absolute Gasteiger partial charge is 0.326 e. The molecule has 1 amide bonds. The summed E-state index contributed by atoms with van der Waals surface area (Å²) in [5, 5.41) is 10.6. The molecule has 1 fully saturated rings. The minimum Gasteiger partial charge on any atom is -0.326 e. The number of nitrogens with two attached hydrogens (primary N) is 1. The van der Waals surface area contributed by atoms with E-state index in [-0.39, 0.29) is 36.3 Å². The zero-order valence-corrected chi connectivity index (χ0v) is 8.80. The first-order valence-corrected chi connectivity index (χ1v) is 4.99. The fourth-order valence-electron chi connectivity index (χ4n) is 1.79. The van der Waals surface area contributed by atoms with Crippen LogP contribution in [0, 0.1) is 15.9 Å². The minimum absolute atomic E-state index is 0.0860. The van der Waals surface area contributed by atoms with Gasteiger partial charge in [0.25, 0.3) is 5.69 Å². The molecule has 1 aliphatic heterocycles. The smallest absolute Gasteiger partial charge is 0.271 e. The molecule has 1 unspecified atom stereocenters. The Bertz CT molecular complexity index is 492. The molecule has 90 valence electrons. The van der Waals surface area contributed by atoms with E-state index in [4.69, 9.17) is 5.73 Å². The Morgan fingerprint density at radius 3 is 2.76 bits per heavy atom. The number of nitro benzene ring substituents is 1. The lowest BCUT2D eigenvalue weighted by molar-refractivity contribution is -0.384. The Balaban J connectivity index is 2.41. The number of amides is 1. The van der Waals surface area contributed by atoms with Crippen molar-refractivity contribution in [3.8, 4) is 0 Å². The van der Waals surface area contributed by atoms with Crippen molar-refractivity contribution in [1.29, 1.82) is 0 Å². The molecule has 1 atom stereocenters. The number of hydrogen-bond acceptors (Lipinski definition) is 4. The fraction of sp³-hybridized carbons (Fsp3) is 0.300. The van der Waals surface area contributed by atoms with Gasteiger partial charge in [0.05, 0.1) is 10.6 Å². The number of rotatable bonds is 2. The van der Waals surface area contributed by atoms with Crippen molar-refractivity contribution < 1.29 is 14.1 Å². The maximum absolute atomic E-state index is 13.5. The second kappa shape index (κ2) is 4.10. The second-order valence-corrected chi connectivity index (χ2v) is 3.86. The van der Waals surface area contributed by atoms with Crippen LogP contribution < -0.4 is 10.6 Å². The van der Waals surface area contributed by atoms with Crippen molar-refractivity contribution in [2.45, 2.75) is 12.5 Å². The maximum atomic E-state index is 13.5. The van der Waals surface area contributed by atoms with E-state index < -0.39 is 10.7 Å². The SMILES string of the molecule is NC1CC(=O)N(c2cc([N+](=O)[O-])ccc2F)C1. The van der Waals surface area contributed by atoms with Gasteiger partial charge in [-0.2, -0.15) is 0 Å². The molecule has 0 radical (unpaired) electrons. The molecule has 1 aliphatic rings. The van der Waals surface area contributed by atoms with Crippen LogP contribution in [0.25, 0.3) is 0 Å². The molecule has 0 spiro atoms. The van der Waals surface area contributed by atoms with E-state index in [2.05, 4.69) is 0 Å². The first-order chi connectivity index (χ1) is 7.99. The maximum Gasteiger partial charge on any atom is 0.271 e. The summed E-state index contributed by atoms with van der Waals surface area (Å²) in [5.41, 5.74) is 5.24. The summed E-state index contributed by atoms with van der Waals surface area (Å²) in [6.45, 7) is 0.178. The van der Waals surface area contributed by atoms with Crippen LogP contribution in [0.1, 0.15) is 6.42 Å². The van der Waals surface area contributed by atoms with Crippen LogP contribution in [-0.2, 0) is 4.79 Å². The van der Waals surface area contributed by atoms with Gasteiger partial charge in [-0.05, 0) is 6.07 Å².